The fraction of sp³-hybridized carbons (Fsp3) is 0.385. The first-order valence-corrected chi connectivity index (χ1v) is 5.66. The molecule has 4 heteroatoms. The number of carbonyl (C=O) groups is 2. The predicted octanol–water partition coefficient (Wildman–Crippen LogP) is 2.40. The molecule has 0 saturated carbocycles. The number of rotatable bonds is 3. The topological polar surface area (TPSA) is 37.4 Å². The lowest BCUT2D eigenvalue weighted by Crippen LogP contribution is -2.31. The first kappa shape index (κ1) is 11.8. The third-order valence-electron chi connectivity index (χ3n) is 2.86. The number of hydrogen-bond acceptors (Lipinski definition) is 2. The maximum atomic E-state index is 13.1. The number of fused-ring (bicyclic) bond motifs is 1. The van der Waals surface area contributed by atoms with Gasteiger partial charge in [-0.1, -0.05) is 13.8 Å². The summed E-state index contributed by atoms with van der Waals surface area (Å²) in [5.41, 5.74) is 0.709. The van der Waals surface area contributed by atoms with Gasteiger partial charge in [0, 0.05) is 6.54 Å². The van der Waals surface area contributed by atoms with Crippen molar-refractivity contribution >= 4 is 17.4 Å². The van der Waals surface area contributed by atoms with Gasteiger partial charge in [-0.15, -0.1) is 0 Å². The van der Waals surface area contributed by atoms with E-state index in [1.54, 1.807) is 0 Å². The van der Waals surface area contributed by atoms with Gasteiger partial charge in [0.05, 0.1) is 11.3 Å². The highest BCUT2D eigenvalue weighted by molar-refractivity contribution is 6.52. The maximum absolute atomic E-state index is 13.1. The molecule has 0 saturated heterocycles. The molecule has 0 bridgehead atoms. The minimum Gasteiger partial charge on any atom is -0.305 e. The first-order chi connectivity index (χ1) is 8.00. The van der Waals surface area contributed by atoms with E-state index in [4.69, 9.17) is 0 Å². The Morgan fingerprint density at radius 2 is 2.00 bits per heavy atom. The van der Waals surface area contributed by atoms with Crippen molar-refractivity contribution in [3.05, 3.63) is 29.6 Å². The van der Waals surface area contributed by atoms with Gasteiger partial charge in [0.2, 0.25) is 0 Å². The summed E-state index contributed by atoms with van der Waals surface area (Å²) in [7, 11) is 0. The van der Waals surface area contributed by atoms with Crippen molar-refractivity contribution in [1.29, 1.82) is 0 Å². The van der Waals surface area contributed by atoms with Crippen LogP contribution in [0.4, 0.5) is 10.1 Å². The highest BCUT2D eigenvalue weighted by Gasteiger charge is 2.35. The Kier molecular flexibility index (Phi) is 2.96. The number of amides is 1. The molecule has 0 N–H and O–H groups in total. The van der Waals surface area contributed by atoms with Gasteiger partial charge in [0.25, 0.3) is 11.7 Å². The van der Waals surface area contributed by atoms with E-state index in [1.165, 1.54) is 23.1 Å². The van der Waals surface area contributed by atoms with E-state index in [0.29, 0.717) is 23.7 Å². The summed E-state index contributed by atoms with van der Waals surface area (Å²) < 4.78 is 13.1. The van der Waals surface area contributed by atoms with Gasteiger partial charge in [-0.3, -0.25) is 9.59 Å². The number of benzene rings is 1. The molecule has 1 aromatic rings. The van der Waals surface area contributed by atoms with Crippen molar-refractivity contribution in [2.24, 2.45) is 5.92 Å². The van der Waals surface area contributed by atoms with E-state index >= 15 is 0 Å². The van der Waals surface area contributed by atoms with Gasteiger partial charge in [-0.2, -0.15) is 0 Å². The molecule has 0 spiro atoms. The van der Waals surface area contributed by atoms with Gasteiger partial charge in [0.1, 0.15) is 5.82 Å². The Balaban J connectivity index is 2.33. The Labute approximate surface area is 99.2 Å². The number of halogens is 1. The normalized spacial score (nSPS) is 14.7. The van der Waals surface area contributed by atoms with Crippen molar-refractivity contribution in [3.8, 4) is 0 Å². The third-order valence-corrected chi connectivity index (χ3v) is 2.86. The molecule has 0 aromatic heterocycles. The van der Waals surface area contributed by atoms with E-state index in [1.807, 2.05) is 13.8 Å². The lowest BCUT2D eigenvalue weighted by molar-refractivity contribution is -0.114. The summed E-state index contributed by atoms with van der Waals surface area (Å²) in [4.78, 5) is 24.8. The molecule has 90 valence electrons. The van der Waals surface area contributed by atoms with Crippen LogP contribution in [-0.2, 0) is 4.79 Å². The zero-order valence-corrected chi connectivity index (χ0v) is 9.87. The van der Waals surface area contributed by atoms with Crippen LogP contribution in [0.15, 0.2) is 18.2 Å². The second kappa shape index (κ2) is 4.28. The zero-order chi connectivity index (χ0) is 12.6. The fourth-order valence-electron chi connectivity index (χ4n) is 1.88. The summed E-state index contributed by atoms with van der Waals surface area (Å²) in [5, 5.41) is 0. The van der Waals surface area contributed by atoms with E-state index in [-0.39, 0.29) is 0 Å². The first-order valence-electron chi connectivity index (χ1n) is 5.66. The standard InChI is InChI=1S/C13H14FNO2/c1-8(2)5-6-15-11-7-9(14)3-4-10(11)12(16)13(15)17/h3-4,7-8H,5-6H2,1-2H3. The Morgan fingerprint density at radius 3 is 2.65 bits per heavy atom. The van der Waals surface area contributed by atoms with Crippen molar-refractivity contribution in [2.45, 2.75) is 20.3 Å². The van der Waals surface area contributed by atoms with Crippen molar-refractivity contribution < 1.29 is 14.0 Å². The molecule has 0 fully saturated rings. The quantitative estimate of drug-likeness (QED) is 0.754. The average Bonchev–Trinajstić information content (AvgIpc) is 2.49. The molecule has 3 nitrogen and oxygen atoms in total. The summed E-state index contributed by atoms with van der Waals surface area (Å²) in [5.74, 6) is -1.09. The van der Waals surface area contributed by atoms with Crippen molar-refractivity contribution in [2.75, 3.05) is 11.4 Å². The molecule has 2 rings (SSSR count). The molecule has 0 unspecified atom stereocenters. The van der Waals surface area contributed by atoms with Gasteiger partial charge >= 0.3 is 0 Å². The highest BCUT2D eigenvalue weighted by Crippen LogP contribution is 2.29. The van der Waals surface area contributed by atoms with Gasteiger partial charge in [-0.25, -0.2) is 4.39 Å². The van der Waals surface area contributed by atoms with Crippen LogP contribution in [0.25, 0.3) is 0 Å². The highest BCUT2D eigenvalue weighted by atomic mass is 19.1. The fourth-order valence-corrected chi connectivity index (χ4v) is 1.88. The van der Waals surface area contributed by atoms with Crippen LogP contribution in [-0.4, -0.2) is 18.2 Å². The molecule has 17 heavy (non-hydrogen) atoms. The van der Waals surface area contributed by atoms with E-state index in [0.717, 1.165) is 6.42 Å². The molecule has 1 amide bonds. The number of ketones is 1. The second-order valence-electron chi connectivity index (χ2n) is 4.63. The van der Waals surface area contributed by atoms with Crippen LogP contribution in [0.2, 0.25) is 0 Å². The van der Waals surface area contributed by atoms with Crippen LogP contribution in [0.5, 0.6) is 0 Å². The maximum Gasteiger partial charge on any atom is 0.299 e. The van der Waals surface area contributed by atoms with E-state index in [2.05, 4.69) is 0 Å². The molecule has 0 atom stereocenters. The molecule has 1 aliphatic heterocycles. The molecule has 0 radical (unpaired) electrons. The van der Waals surface area contributed by atoms with Crippen LogP contribution >= 0.6 is 0 Å². The minimum absolute atomic E-state index is 0.306. The van der Waals surface area contributed by atoms with Gasteiger partial charge in [-0.05, 0) is 30.5 Å². The van der Waals surface area contributed by atoms with E-state index in [9.17, 15) is 14.0 Å². The second-order valence-corrected chi connectivity index (χ2v) is 4.63. The van der Waals surface area contributed by atoms with Crippen LogP contribution in [0, 0.1) is 11.7 Å². The largest absolute Gasteiger partial charge is 0.305 e. The number of Topliss-reactive ketones (excluding diaryl/α,β-unsaturated/α-hetero) is 1. The summed E-state index contributed by atoms with van der Waals surface area (Å²) in [6, 6.07) is 3.83. The predicted molar refractivity (Wildman–Crippen MR) is 62.5 cm³/mol. The monoisotopic (exact) mass is 235 g/mol. The number of hydrogen-bond donors (Lipinski definition) is 0. The van der Waals surface area contributed by atoms with Gasteiger partial charge < -0.3 is 4.90 Å². The molecule has 1 heterocycles. The number of nitrogens with zero attached hydrogens (tertiary/aromatic N) is 1. The van der Waals surface area contributed by atoms with E-state index < -0.39 is 17.5 Å². The number of anilines is 1. The smallest absolute Gasteiger partial charge is 0.299 e. The van der Waals surface area contributed by atoms with Crippen LogP contribution < -0.4 is 4.90 Å². The molecule has 1 aliphatic rings. The summed E-state index contributed by atoms with van der Waals surface area (Å²) in [6.45, 7) is 4.53. The van der Waals surface area contributed by atoms with Crippen LogP contribution in [0.1, 0.15) is 30.6 Å². The lowest BCUT2D eigenvalue weighted by Gasteiger charge is -2.17. The number of carbonyl (C=O) groups excluding carboxylic acids is 2. The Bertz CT molecular complexity index is 482. The molecule has 0 aliphatic carbocycles. The SMILES string of the molecule is CC(C)CCN1C(=O)C(=O)c2ccc(F)cc21. The zero-order valence-electron chi connectivity index (χ0n) is 9.87. The summed E-state index contributed by atoms with van der Waals surface area (Å²) in [6.07, 6.45) is 0.787. The molecular formula is C13H14FNO2. The van der Waals surface area contributed by atoms with Gasteiger partial charge in [0.15, 0.2) is 0 Å². The Morgan fingerprint density at radius 1 is 1.29 bits per heavy atom. The van der Waals surface area contributed by atoms with Crippen LogP contribution in [0.3, 0.4) is 0 Å². The minimum atomic E-state index is -0.550. The summed E-state index contributed by atoms with van der Waals surface area (Å²) >= 11 is 0. The lowest BCUT2D eigenvalue weighted by atomic mass is 10.1. The third kappa shape index (κ3) is 2.07. The molecular weight excluding hydrogens is 221 g/mol. The Hall–Kier alpha value is -1.71. The average molecular weight is 235 g/mol. The molecule has 1 aromatic carbocycles. The van der Waals surface area contributed by atoms with Crippen molar-refractivity contribution in [3.63, 3.8) is 0 Å². The van der Waals surface area contributed by atoms with Crippen molar-refractivity contribution in [1.82, 2.24) is 0 Å².